The van der Waals surface area contributed by atoms with Crippen molar-refractivity contribution >= 4 is 16.5 Å². The molecule has 0 saturated heterocycles. The summed E-state index contributed by atoms with van der Waals surface area (Å²) >= 11 is 0. The Kier molecular flexibility index (Phi) is 4.58. The molecule has 1 aromatic rings. The molecule has 1 rings (SSSR count). The minimum absolute atomic E-state index is 0.468. The van der Waals surface area contributed by atoms with Gasteiger partial charge in [-0.1, -0.05) is 0 Å². The molecular weight excluding hydrogens is 214 g/mol. The van der Waals surface area contributed by atoms with E-state index in [1.54, 1.807) is 31.6 Å². The highest BCUT2D eigenvalue weighted by Gasteiger charge is 2.05. The maximum absolute atomic E-state index is 11.3. The zero-order valence-electron chi connectivity index (χ0n) is 8.86. The van der Waals surface area contributed by atoms with E-state index in [1.807, 2.05) is 0 Å². The quantitative estimate of drug-likeness (QED) is 0.605. The second-order valence-electron chi connectivity index (χ2n) is 3.00. The van der Waals surface area contributed by atoms with E-state index in [1.165, 1.54) is 0 Å². The third-order valence-corrected chi connectivity index (χ3v) is 2.82. The smallest absolute Gasteiger partial charge is 0.120 e. The van der Waals surface area contributed by atoms with Crippen molar-refractivity contribution in [1.82, 2.24) is 0 Å². The van der Waals surface area contributed by atoms with Crippen LogP contribution in [0.5, 0.6) is 5.75 Å². The number of hydrogen-bond acceptors (Lipinski definition) is 4. The van der Waals surface area contributed by atoms with Crippen molar-refractivity contribution in [3.8, 4) is 5.75 Å². The van der Waals surface area contributed by atoms with Gasteiger partial charge in [0, 0.05) is 19.1 Å². The molecule has 0 fully saturated rings. The van der Waals surface area contributed by atoms with Crippen LogP contribution >= 0.6 is 0 Å². The van der Waals surface area contributed by atoms with Gasteiger partial charge in [0.15, 0.2) is 0 Å². The molecule has 1 atom stereocenters. The first kappa shape index (κ1) is 12.0. The fraction of sp³-hybridized carbons (Fsp3) is 0.400. The minimum Gasteiger partial charge on any atom is -0.491 e. The summed E-state index contributed by atoms with van der Waals surface area (Å²) < 4.78 is 21.5. The largest absolute Gasteiger partial charge is 0.491 e. The predicted octanol–water partition coefficient (Wildman–Crippen LogP) is 1.03. The van der Waals surface area contributed by atoms with E-state index in [-0.39, 0.29) is 0 Å². The molecule has 84 valence electrons. The summed E-state index contributed by atoms with van der Waals surface area (Å²) in [6, 6.07) is 5.14. The first-order valence-electron chi connectivity index (χ1n) is 4.50. The van der Waals surface area contributed by atoms with Gasteiger partial charge in [-0.05, 0) is 18.2 Å². The van der Waals surface area contributed by atoms with Gasteiger partial charge >= 0.3 is 0 Å². The van der Waals surface area contributed by atoms with Crippen LogP contribution in [0.15, 0.2) is 23.1 Å². The zero-order valence-corrected chi connectivity index (χ0v) is 9.67. The first-order valence-corrected chi connectivity index (χ1v) is 6.05. The molecule has 2 N–H and O–H groups in total. The third kappa shape index (κ3) is 3.53. The molecule has 0 aromatic heterocycles. The fourth-order valence-electron chi connectivity index (χ4n) is 1.10. The van der Waals surface area contributed by atoms with E-state index in [0.717, 1.165) is 0 Å². The van der Waals surface area contributed by atoms with Gasteiger partial charge in [-0.15, -0.1) is 0 Å². The van der Waals surface area contributed by atoms with Crippen molar-refractivity contribution in [3.05, 3.63) is 18.2 Å². The average Bonchev–Trinajstić information content (AvgIpc) is 2.20. The Hall–Kier alpha value is -1.07. The Balaban J connectivity index is 2.74. The van der Waals surface area contributed by atoms with Gasteiger partial charge in [-0.3, -0.25) is 4.21 Å². The van der Waals surface area contributed by atoms with Crippen molar-refractivity contribution in [2.75, 3.05) is 32.3 Å². The number of methoxy groups -OCH3 is 1. The van der Waals surface area contributed by atoms with E-state index in [4.69, 9.17) is 15.2 Å². The normalized spacial score (nSPS) is 12.4. The van der Waals surface area contributed by atoms with Crippen LogP contribution in [0.25, 0.3) is 0 Å². The lowest BCUT2D eigenvalue weighted by Crippen LogP contribution is -2.05. The second kappa shape index (κ2) is 5.72. The highest BCUT2D eigenvalue weighted by Crippen LogP contribution is 2.22. The predicted molar refractivity (Wildman–Crippen MR) is 60.6 cm³/mol. The summed E-state index contributed by atoms with van der Waals surface area (Å²) in [7, 11) is 0.516. The van der Waals surface area contributed by atoms with Crippen LogP contribution in [-0.2, 0) is 15.5 Å². The molecule has 1 aromatic carbocycles. The van der Waals surface area contributed by atoms with Crippen LogP contribution < -0.4 is 10.5 Å². The number of rotatable bonds is 5. The lowest BCUT2D eigenvalue weighted by atomic mass is 10.3. The molecule has 0 aliphatic heterocycles. The minimum atomic E-state index is -1.09. The van der Waals surface area contributed by atoms with Crippen LogP contribution in [0.1, 0.15) is 0 Å². The number of nitrogen functional groups attached to an aromatic ring is 1. The molecule has 0 amide bonds. The molecule has 0 bridgehead atoms. The SMILES string of the molecule is COCCOc1ccc(N)c(S(C)=O)c1. The van der Waals surface area contributed by atoms with Crippen molar-refractivity contribution < 1.29 is 13.7 Å². The number of benzene rings is 1. The van der Waals surface area contributed by atoms with Crippen LogP contribution in [0.4, 0.5) is 5.69 Å². The van der Waals surface area contributed by atoms with Gasteiger partial charge in [0.1, 0.15) is 12.4 Å². The van der Waals surface area contributed by atoms with Crippen molar-refractivity contribution in [3.63, 3.8) is 0 Å². The van der Waals surface area contributed by atoms with Crippen LogP contribution in [-0.4, -0.2) is 30.8 Å². The van der Waals surface area contributed by atoms with E-state index >= 15 is 0 Å². The van der Waals surface area contributed by atoms with Gasteiger partial charge in [-0.25, -0.2) is 0 Å². The topological polar surface area (TPSA) is 61.6 Å². The van der Waals surface area contributed by atoms with Crippen molar-refractivity contribution in [2.45, 2.75) is 4.90 Å². The Labute approximate surface area is 91.8 Å². The maximum atomic E-state index is 11.3. The summed E-state index contributed by atoms with van der Waals surface area (Å²) in [5.74, 6) is 0.659. The van der Waals surface area contributed by atoms with Crippen LogP contribution in [0, 0.1) is 0 Å². The van der Waals surface area contributed by atoms with Crippen LogP contribution in [0.2, 0.25) is 0 Å². The molecule has 0 aliphatic rings. The molecule has 5 heteroatoms. The summed E-state index contributed by atoms with van der Waals surface area (Å²) in [5.41, 5.74) is 6.19. The Morgan fingerprint density at radius 1 is 1.40 bits per heavy atom. The number of anilines is 1. The molecule has 0 spiro atoms. The third-order valence-electron chi connectivity index (χ3n) is 1.85. The van der Waals surface area contributed by atoms with E-state index < -0.39 is 10.8 Å². The van der Waals surface area contributed by atoms with Crippen molar-refractivity contribution in [2.24, 2.45) is 0 Å². The highest BCUT2D eigenvalue weighted by atomic mass is 32.2. The lowest BCUT2D eigenvalue weighted by molar-refractivity contribution is 0.146. The molecule has 4 nitrogen and oxygen atoms in total. The summed E-state index contributed by atoms with van der Waals surface area (Å²) in [5, 5.41) is 0. The molecule has 15 heavy (non-hydrogen) atoms. The highest BCUT2D eigenvalue weighted by molar-refractivity contribution is 7.84. The number of ether oxygens (including phenoxy) is 2. The van der Waals surface area contributed by atoms with E-state index in [9.17, 15) is 4.21 Å². The first-order chi connectivity index (χ1) is 7.15. The van der Waals surface area contributed by atoms with Gasteiger partial charge in [0.25, 0.3) is 0 Å². The molecule has 0 radical (unpaired) electrons. The average molecular weight is 229 g/mol. The standard InChI is InChI=1S/C10H15NO3S/c1-13-5-6-14-8-3-4-9(11)10(7-8)15(2)12/h3-4,7H,5-6,11H2,1-2H3. The monoisotopic (exact) mass is 229 g/mol. The summed E-state index contributed by atoms with van der Waals surface area (Å²) in [4.78, 5) is 0.602. The Morgan fingerprint density at radius 3 is 2.73 bits per heavy atom. The second-order valence-corrected chi connectivity index (χ2v) is 4.34. The van der Waals surface area contributed by atoms with Gasteiger partial charge in [0.2, 0.25) is 0 Å². The van der Waals surface area contributed by atoms with Crippen LogP contribution in [0.3, 0.4) is 0 Å². The molecule has 1 unspecified atom stereocenters. The molecule has 0 saturated carbocycles. The van der Waals surface area contributed by atoms with E-state index in [2.05, 4.69) is 0 Å². The maximum Gasteiger partial charge on any atom is 0.120 e. The van der Waals surface area contributed by atoms with Gasteiger partial charge < -0.3 is 15.2 Å². The van der Waals surface area contributed by atoms with Crippen molar-refractivity contribution in [1.29, 1.82) is 0 Å². The fourth-order valence-corrected chi connectivity index (χ4v) is 1.78. The Morgan fingerprint density at radius 2 is 2.13 bits per heavy atom. The molecule has 0 aliphatic carbocycles. The summed E-state index contributed by atoms with van der Waals surface area (Å²) in [6.45, 7) is 0.991. The van der Waals surface area contributed by atoms with E-state index in [0.29, 0.717) is 29.5 Å². The molecule has 0 heterocycles. The number of nitrogens with two attached hydrogens (primary N) is 1. The van der Waals surface area contributed by atoms with Gasteiger partial charge in [-0.2, -0.15) is 0 Å². The van der Waals surface area contributed by atoms with Gasteiger partial charge in [0.05, 0.1) is 22.3 Å². The summed E-state index contributed by atoms with van der Waals surface area (Å²) in [6.07, 6.45) is 1.59. The zero-order chi connectivity index (χ0) is 11.3. The number of hydrogen-bond donors (Lipinski definition) is 1. The Bertz CT molecular complexity index is 355. The lowest BCUT2D eigenvalue weighted by Gasteiger charge is -2.08. The molecular formula is C10H15NO3S.